The number of hydrogen-bond acceptors (Lipinski definition) is 2. The second-order valence-electron chi connectivity index (χ2n) is 3.42. The summed E-state index contributed by atoms with van der Waals surface area (Å²) < 4.78 is 12.9. The monoisotopic (exact) mass is 265 g/mol. The predicted molar refractivity (Wildman–Crippen MR) is 68.3 cm³/mol. The number of rotatable bonds is 2. The highest BCUT2D eigenvalue weighted by atomic mass is 35.5. The van der Waals surface area contributed by atoms with Gasteiger partial charge < -0.3 is 5.32 Å². The summed E-state index contributed by atoms with van der Waals surface area (Å²) in [5.74, 6) is -0.184. The van der Waals surface area contributed by atoms with Crippen LogP contribution in [0.5, 0.6) is 0 Å². The van der Waals surface area contributed by atoms with Crippen molar-refractivity contribution in [3.63, 3.8) is 0 Å². The van der Waals surface area contributed by atoms with Crippen LogP contribution in [0.1, 0.15) is 0 Å². The Morgan fingerprint density at radius 3 is 2.78 bits per heavy atom. The molecule has 0 fully saturated rings. The van der Waals surface area contributed by atoms with Crippen molar-refractivity contribution >= 4 is 29.1 Å². The summed E-state index contributed by atoms with van der Waals surface area (Å²) >= 11 is 5.83. The van der Waals surface area contributed by atoms with Crippen LogP contribution in [-0.2, 0) is 0 Å². The maximum Gasteiger partial charge on any atom is 0.324 e. The van der Waals surface area contributed by atoms with E-state index in [-0.39, 0.29) is 5.82 Å². The Hall–Kier alpha value is -2.14. The van der Waals surface area contributed by atoms with Gasteiger partial charge in [-0.1, -0.05) is 17.7 Å². The molecule has 1 heterocycles. The quantitative estimate of drug-likeness (QED) is 0.873. The van der Waals surface area contributed by atoms with E-state index >= 15 is 0 Å². The van der Waals surface area contributed by atoms with Crippen molar-refractivity contribution in [3.05, 3.63) is 53.4 Å². The van der Waals surface area contributed by atoms with Crippen LogP contribution in [0.25, 0.3) is 0 Å². The molecule has 2 amide bonds. The normalized spacial score (nSPS) is 9.89. The molecule has 0 atom stereocenters. The average Bonchev–Trinajstić information content (AvgIpc) is 2.32. The Morgan fingerprint density at radius 1 is 1.22 bits per heavy atom. The Morgan fingerprint density at radius 2 is 2.06 bits per heavy atom. The van der Waals surface area contributed by atoms with E-state index in [0.717, 1.165) is 0 Å². The van der Waals surface area contributed by atoms with Crippen LogP contribution in [0.4, 0.5) is 20.7 Å². The van der Waals surface area contributed by atoms with E-state index in [4.69, 9.17) is 11.6 Å². The lowest BCUT2D eigenvalue weighted by Gasteiger charge is -2.07. The zero-order valence-electron chi connectivity index (χ0n) is 9.15. The van der Waals surface area contributed by atoms with Crippen molar-refractivity contribution < 1.29 is 9.18 Å². The van der Waals surface area contributed by atoms with Gasteiger partial charge in [0.25, 0.3) is 0 Å². The predicted octanol–water partition coefficient (Wildman–Crippen LogP) is 3.52. The summed E-state index contributed by atoms with van der Waals surface area (Å²) in [7, 11) is 0. The van der Waals surface area contributed by atoms with Crippen molar-refractivity contribution in [2.75, 3.05) is 10.6 Å². The molecule has 0 aliphatic heterocycles. The Labute approximate surface area is 108 Å². The van der Waals surface area contributed by atoms with E-state index in [0.29, 0.717) is 10.7 Å². The van der Waals surface area contributed by atoms with Crippen molar-refractivity contribution in [2.24, 2.45) is 0 Å². The van der Waals surface area contributed by atoms with E-state index in [9.17, 15) is 9.18 Å². The highest BCUT2D eigenvalue weighted by Gasteiger charge is 2.06. The first-order chi connectivity index (χ1) is 8.65. The van der Waals surface area contributed by atoms with Crippen molar-refractivity contribution in [1.29, 1.82) is 0 Å². The number of nitrogens with one attached hydrogen (secondary N) is 2. The number of carbonyl (C=O) groups is 1. The van der Waals surface area contributed by atoms with Crippen LogP contribution < -0.4 is 10.6 Å². The number of nitrogens with zero attached hydrogens (tertiary/aromatic N) is 1. The summed E-state index contributed by atoms with van der Waals surface area (Å²) in [4.78, 5) is 15.5. The molecule has 6 heteroatoms. The number of benzene rings is 1. The summed E-state index contributed by atoms with van der Waals surface area (Å²) in [5.41, 5.74) is 0.347. The number of pyridine rings is 1. The Bertz CT molecular complexity index is 577. The van der Waals surface area contributed by atoms with E-state index in [1.54, 1.807) is 18.2 Å². The van der Waals surface area contributed by atoms with Gasteiger partial charge in [0.1, 0.15) is 5.82 Å². The standard InChI is InChI=1S/C12H9ClFN3O/c13-10-5-2-6-15-11(10)17-12(18)16-9-4-1-3-8(14)7-9/h1-7H,(H2,15,16,17,18). The minimum Gasteiger partial charge on any atom is -0.308 e. The topological polar surface area (TPSA) is 54.0 Å². The zero-order valence-corrected chi connectivity index (χ0v) is 9.91. The number of amides is 2. The molecule has 18 heavy (non-hydrogen) atoms. The summed E-state index contributed by atoms with van der Waals surface area (Å²) in [6, 6.07) is 8.28. The number of halogens is 2. The van der Waals surface area contributed by atoms with Crippen molar-refractivity contribution in [1.82, 2.24) is 4.98 Å². The third kappa shape index (κ3) is 3.18. The van der Waals surface area contributed by atoms with Crippen LogP contribution in [0.2, 0.25) is 5.02 Å². The Balaban J connectivity index is 2.03. The van der Waals surface area contributed by atoms with Crippen LogP contribution in [-0.4, -0.2) is 11.0 Å². The van der Waals surface area contributed by atoms with Gasteiger partial charge in [0.2, 0.25) is 0 Å². The van der Waals surface area contributed by atoms with Gasteiger partial charge in [0.05, 0.1) is 5.02 Å². The van der Waals surface area contributed by atoms with Crippen LogP contribution in [0.15, 0.2) is 42.6 Å². The highest BCUT2D eigenvalue weighted by molar-refractivity contribution is 6.33. The van der Waals surface area contributed by atoms with Gasteiger partial charge in [-0.2, -0.15) is 0 Å². The molecule has 2 rings (SSSR count). The lowest BCUT2D eigenvalue weighted by atomic mass is 10.3. The molecule has 0 bridgehead atoms. The van der Waals surface area contributed by atoms with Gasteiger partial charge >= 0.3 is 6.03 Å². The van der Waals surface area contributed by atoms with E-state index in [1.165, 1.54) is 24.4 Å². The van der Waals surface area contributed by atoms with Crippen LogP contribution >= 0.6 is 11.6 Å². The second-order valence-corrected chi connectivity index (χ2v) is 3.83. The fourth-order valence-corrected chi connectivity index (χ4v) is 1.48. The first kappa shape index (κ1) is 12.3. The molecule has 0 aliphatic rings. The molecule has 1 aromatic heterocycles. The number of carbonyl (C=O) groups excluding carboxylic acids is 1. The van der Waals surface area contributed by atoms with E-state index in [2.05, 4.69) is 15.6 Å². The molecule has 0 aliphatic carbocycles. The summed E-state index contributed by atoms with van der Waals surface area (Å²) in [6.45, 7) is 0. The lowest BCUT2D eigenvalue weighted by molar-refractivity contribution is 0.262. The highest BCUT2D eigenvalue weighted by Crippen LogP contribution is 2.17. The molecule has 2 N–H and O–H groups in total. The van der Waals surface area contributed by atoms with Crippen LogP contribution in [0, 0.1) is 5.82 Å². The molecular weight excluding hydrogens is 257 g/mol. The SMILES string of the molecule is O=C(Nc1cccc(F)c1)Nc1ncccc1Cl. The van der Waals surface area contributed by atoms with E-state index < -0.39 is 11.8 Å². The first-order valence-electron chi connectivity index (χ1n) is 5.09. The molecular formula is C12H9ClFN3O. The molecule has 1 aromatic carbocycles. The molecule has 92 valence electrons. The molecule has 0 unspecified atom stereocenters. The molecule has 0 radical (unpaired) electrons. The summed E-state index contributed by atoms with van der Waals surface area (Å²) in [6.07, 6.45) is 1.50. The second kappa shape index (κ2) is 5.46. The Kier molecular flexibility index (Phi) is 3.74. The largest absolute Gasteiger partial charge is 0.324 e. The fourth-order valence-electron chi connectivity index (χ4n) is 1.31. The van der Waals surface area contributed by atoms with Gasteiger partial charge in [-0.25, -0.2) is 14.2 Å². The third-order valence-corrected chi connectivity index (χ3v) is 2.38. The number of anilines is 2. The van der Waals surface area contributed by atoms with Gasteiger partial charge in [-0.15, -0.1) is 0 Å². The molecule has 2 aromatic rings. The van der Waals surface area contributed by atoms with Crippen molar-refractivity contribution in [2.45, 2.75) is 0 Å². The minimum absolute atomic E-state index is 0.244. The molecule has 0 saturated carbocycles. The number of hydrogen-bond donors (Lipinski definition) is 2. The first-order valence-corrected chi connectivity index (χ1v) is 5.47. The summed E-state index contributed by atoms with van der Waals surface area (Å²) in [5, 5.41) is 5.26. The van der Waals surface area contributed by atoms with Gasteiger partial charge in [0.15, 0.2) is 5.82 Å². The van der Waals surface area contributed by atoms with Crippen molar-refractivity contribution in [3.8, 4) is 0 Å². The minimum atomic E-state index is -0.541. The van der Waals surface area contributed by atoms with Gasteiger partial charge in [-0.3, -0.25) is 5.32 Å². The lowest BCUT2D eigenvalue weighted by Crippen LogP contribution is -2.20. The number of aromatic nitrogens is 1. The van der Waals surface area contributed by atoms with Crippen LogP contribution in [0.3, 0.4) is 0 Å². The third-order valence-electron chi connectivity index (χ3n) is 2.07. The van der Waals surface area contributed by atoms with Gasteiger partial charge in [-0.05, 0) is 30.3 Å². The molecule has 0 spiro atoms. The smallest absolute Gasteiger partial charge is 0.308 e. The maximum atomic E-state index is 12.9. The zero-order chi connectivity index (χ0) is 13.0. The average molecular weight is 266 g/mol. The molecule has 4 nitrogen and oxygen atoms in total. The maximum absolute atomic E-state index is 12.9. The molecule has 0 saturated heterocycles. The van der Waals surface area contributed by atoms with Gasteiger partial charge in [0, 0.05) is 11.9 Å². The fraction of sp³-hybridized carbons (Fsp3) is 0. The number of urea groups is 1. The van der Waals surface area contributed by atoms with E-state index in [1.807, 2.05) is 0 Å².